The van der Waals surface area contributed by atoms with Crippen molar-refractivity contribution in [3.8, 4) is 0 Å². The fraction of sp³-hybridized carbons (Fsp3) is 0.400. The van der Waals surface area contributed by atoms with Crippen LogP contribution in [0.2, 0.25) is 0 Å². The van der Waals surface area contributed by atoms with E-state index in [4.69, 9.17) is 5.11 Å². The second-order valence-corrected chi connectivity index (χ2v) is 4.14. The molecule has 0 aliphatic carbocycles. The maximum atomic E-state index is 10.6. The third-order valence-corrected chi connectivity index (χ3v) is 2.84. The smallest absolute Gasteiger partial charge is 0.269 e. The summed E-state index contributed by atoms with van der Waals surface area (Å²) in [5.41, 5.74) is 0.925. The van der Waals surface area contributed by atoms with E-state index in [1.54, 1.807) is 6.07 Å². The molecule has 1 aromatic carbocycles. The highest BCUT2D eigenvalue weighted by molar-refractivity contribution is 9.10. The Bertz CT molecular complexity index is 371. The van der Waals surface area contributed by atoms with Crippen LogP contribution < -0.4 is 5.32 Å². The van der Waals surface area contributed by atoms with E-state index in [1.165, 1.54) is 12.1 Å². The molecule has 0 unspecified atom stereocenters. The molecular weight excluding hydrogens is 276 g/mol. The van der Waals surface area contributed by atoms with Crippen molar-refractivity contribution < 1.29 is 10.0 Å². The predicted molar refractivity (Wildman–Crippen MR) is 64.2 cm³/mol. The molecule has 0 bridgehead atoms. The van der Waals surface area contributed by atoms with Gasteiger partial charge in [-0.3, -0.25) is 10.1 Å². The number of aliphatic hydroxyl groups is 1. The summed E-state index contributed by atoms with van der Waals surface area (Å²) in [5.74, 6) is 0. The number of nitro groups is 1. The van der Waals surface area contributed by atoms with Crippen LogP contribution in [-0.2, 0) is 6.54 Å². The molecule has 0 amide bonds. The minimum Gasteiger partial charge on any atom is -0.396 e. The van der Waals surface area contributed by atoms with Crippen LogP contribution in [0.5, 0.6) is 0 Å². The van der Waals surface area contributed by atoms with Crippen molar-refractivity contribution in [3.63, 3.8) is 0 Å². The molecule has 0 fully saturated rings. The van der Waals surface area contributed by atoms with Gasteiger partial charge >= 0.3 is 0 Å². The summed E-state index contributed by atoms with van der Waals surface area (Å²) < 4.78 is 0.842. The fourth-order valence-corrected chi connectivity index (χ4v) is 1.62. The van der Waals surface area contributed by atoms with Crippen LogP contribution >= 0.6 is 15.9 Å². The van der Waals surface area contributed by atoms with E-state index in [-0.39, 0.29) is 12.3 Å². The number of hydrogen-bond acceptors (Lipinski definition) is 4. The van der Waals surface area contributed by atoms with Crippen LogP contribution in [0.1, 0.15) is 12.0 Å². The minimum atomic E-state index is -0.413. The first-order chi connectivity index (χ1) is 7.65. The van der Waals surface area contributed by atoms with E-state index in [2.05, 4.69) is 21.2 Å². The lowest BCUT2D eigenvalue weighted by atomic mass is 10.2. The second-order valence-electron chi connectivity index (χ2n) is 3.29. The highest BCUT2D eigenvalue weighted by Crippen LogP contribution is 2.22. The Hall–Kier alpha value is -0.980. The number of hydrogen-bond donors (Lipinski definition) is 2. The van der Waals surface area contributed by atoms with E-state index >= 15 is 0 Å². The average molecular weight is 289 g/mol. The Morgan fingerprint density at radius 2 is 2.25 bits per heavy atom. The van der Waals surface area contributed by atoms with Crippen LogP contribution in [0.15, 0.2) is 22.7 Å². The summed E-state index contributed by atoms with van der Waals surface area (Å²) >= 11 is 3.34. The number of non-ortho nitro benzene ring substituents is 1. The molecule has 2 N–H and O–H groups in total. The van der Waals surface area contributed by atoms with E-state index < -0.39 is 4.92 Å². The van der Waals surface area contributed by atoms with Gasteiger partial charge in [-0.25, -0.2) is 0 Å². The van der Waals surface area contributed by atoms with Gasteiger partial charge in [0, 0.05) is 29.8 Å². The summed E-state index contributed by atoms with van der Waals surface area (Å²) in [4.78, 5) is 10.2. The van der Waals surface area contributed by atoms with Gasteiger partial charge in [0.1, 0.15) is 0 Å². The molecule has 0 aromatic heterocycles. The normalized spacial score (nSPS) is 10.4. The number of benzene rings is 1. The van der Waals surface area contributed by atoms with Gasteiger partial charge in [0.15, 0.2) is 0 Å². The van der Waals surface area contributed by atoms with Crippen molar-refractivity contribution in [2.24, 2.45) is 0 Å². The summed E-state index contributed by atoms with van der Waals surface area (Å²) in [6.07, 6.45) is 0.673. The zero-order valence-corrected chi connectivity index (χ0v) is 10.2. The first-order valence-corrected chi connectivity index (χ1v) is 5.69. The number of nitrogens with zero attached hydrogens (tertiary/aromatic N) is 1. The van der Waals surface area contributed by atoms with Gasteiger partial charge in [0.25, 0.3) is 5.69 Å². The quantitative estimate of drug-likeness (QED) is 0.476. The van der Waals surface area contributed by atoms with Gasteiger partial charge in [-0.15, -0.1) is 0 Å². The van der Waals surface area contributed by atoms with Gasteiger partial charge in [-0.2, -0.15) is 0 Å². The molecule has 0 aliphatic rings. The summed E-state index contributed by atoms with van der Waals surface area (Å²) in [5, 5.41) is 22.3. The van der Waals surface area contributed by atoms with E-state index in [0.717, 1.165) is 10.0 Å². The molecule has 0 atom stereocenters. The molecule has 1 rings (SSSR count). The standard InChI is InChI=1S/C10H13BrN2O3/c11-10-3-2-9(13(15)16)6-8(10)7-12-4-1-5-14/h2-3,6,12,14H,1,4-5,7H2. The van der Waals surface area contributed by atoms with E-state index in [1.807, 2.05) is 0 Å². The zero-order valence-electron chi connectivity index (χ0n) is 8.65. The molecule has 16 heavy (non-hydrogen) atoms. The first kappa shape index (κ1) is 13.1. The molecule has 5 nitrogen and oxygen atoms in total. The third kappa shape index (κ3) is 3.88. The van der Waals surface area contributed by atoms with Crippen LogP contribution in [0.3, 0.4) is 0 Å². The molecule has 6 heteroatoms. The Kier molecular flexibility index (Phi) is 5.37. The highest BCUT2D eigenvalue weighted by atomic mass is 79.9. The van der Waals surface area contributed by atoms with Gasteiger partial charge in [0.05, 0.1) is 4.92 Å². The molecule has 0 spiro atoms. The molecule has 0 heterocycles. The maximum Gasteiger partial charge on any atom is 0.269 e. The van der Waals surface area contributed by atoms with Crippen molar-refractivity contribution in [1.82, 2.24) is 5.32 Å². The lowest BCUT2D eigenvalue weighted by molar-refractivity contribution is -0.384. The fourth-order valence-electron chi connectivity index (χ4n) is 1.24. The summed E-state index contributed by atoms with van der Waals surface area (Å²) in [6, 6.07) is 4.67. The molecule has 0 saturated heterocycles. The van der Waals surface area contributed by atoms with Crippen molar-refractivity contribution in [3.05, 3.63) is 38.3 Å². The van der Waals surface area contributed by atoms with E-state index in [9.17, 15) is 10.1 Å². The number of rotatable bonds is 6. The van der Waals surface area contributed by atoms with Crippen LogP contribution in [-0.4, -0.2) is 23.2 Å². The van der Waals surface area contributed by atoms with Crippen LogP contribution in [0.4, 0.5) is 5.69 Å². The SMILES string of the molecule is O=[N+]([O-])c1ccc(Br)c(CNCCCO)c1. The lowest BCUT2D eigenvalue weighted by Crippen LogP contribution is -2.16. The number of halogens is 1. The monoisotopic (exact) mass is 288 g/mol. The van der Waals surface area contributed by atoms with Crippen molar-refractivity contribution in [1.29, 1.82) is 0 Å². The highest BCUT2D eigenvalue weighted by Gasteiger charge is 2.08. The molecule has 0 aliphatic heterocycles. The van der Waals surface area contributed by atoms with Crippen molar-refractivity contribution in [2.75, 3.05) is 13.2 Å². The van der Waals surface area contributed by atoms with Gasteiger partial charge in [0.2, 0.25) is 0 Å². The number of nitrogens with one attached hydrogen (secondary N) is 1. The number of nitro benzene ring substituents is 1. The lowest BCUT2D eigenvalue weighted by Gasteiger charge is -2.05. The first-order valence-electron chi connectivity index (χ1n) is 4.89. The van der Waals surface area contributed by atoms with Crippen LogP contribution in [0.25, 0.3) is 0 Å². The third-order valence-electron chi connectivity index (χ3n) is 2.07. The van der Waals surface area contributed by atoms with E-state index in [0.29, 0.717) is 19.5 Å². The molecule has 88 valence electrons. The van der Waals surface area contributed by atoms with Gasteiger partial charge in [-0.05, 0) is 24.6 Å². The Morgan fingerprint density at radius 3 is 2.88 bits per heavy atom. The Balaban J connectivity index is 2.63. The van der Waals surface area contributed by atoms with Gasteiger partial charge < -0.3 is 10.4 Å². The summed E-state index contributed by atoms with van der Waals surface area (Å²) in [7, 11) is 0. The minimum absolute atomic E-state index is 0.0853. The maximum absolute atomic E-state index is 10.6. The van der Waals surface area contributed by atoms with Crippen LogP contribution in [0, 0.1) is 10.1 Å². The largest absolute Gasteiger partial charge is 0.396 e. The second kappa shape index (κ2) is 6.57. The topological polar surface area (TPSA) is 75.4 Å². The molecule has 0 saturated carbocycles. The predicted octanol–water partition coefficient (Wildman–Crippen LogP) is 1.83. The average Bonchev–Trinajstić information content (AvgIpc) is 2.26. The molecular formula is C10H13BrN2O3. The summed E-state index contributed by atoms with van der Waals surface area (Å²) in [6.45, 7) is 1.37. The van der Waals surface area contributed by atoms with Gasteiger partial charge in [-0.1, -0.05) is 15.9 Å². The molecule has 1 aromatic rings. The number of aliphatic hydroxyl groups excluding tert-OH is 1. The Labute approximate surface area is 102 Å². The van der Waals surface area contributed by atoms with Crippen molar-refractivity contribution >= 4 is 21.6 Å². The zero-order chi connectivity index (χ0) is 12.0. The Morgan fingerprint density at radius 1 is 1.50 bits per heavy atom. The van der Waals surface area contributed by atoms with Crippen molar-refractivity contribution in [2.45, 2.75) is 13.0 Å². The molecule has 0 radical (unpaired) electrons.